The summed E-state index contributed by atoms with van der Waals surface area (Å²) in [6, 6.07) is 5.11. The molecular weight excluding hydrogens is 294 g/mol. The smallest absolute Gasteiger partial charge is 0.311 e. The molecule has 6 heteroatoms. The fourth-order valence-corrected chi connectivity index (χ4v) is 1.67. The number of amides is 1. The van der Waals surface area contributed by atoms with Gasteiger partial charge in [-0.05, 0) is 44.0 Å². The number of carboxylic acid groups (broad SMARTS) is 1. The Morgan fingerprint density at radius 3 is 2.62 bits per heavy atom. The van der Waals surface area contributed by atoms with Gasteiger partial charge in [-0.2, -0.15) is 0 Å². The first-order valence-electron chi connectivity index (χ1n) is 6.67. The summed E-state index contributed by atoms with van der Waals surface area (Å²) in [5.74, 6) is -0.744. The zero-order valence-electron chi connectivity index (χ0n) is 12.4. The van der Waals surface area contributed by atoms with Crippen LogP contribution in [0.25, 0.3) is 0 Å². The number of aliphatic carboxylic acids is 1. The summed E-state index contributed by atoms with van der Waals surface area (Å²) in [7, 11) is 0. The summed E-state index contributed by atoms with van der Waals surface area (Å²) in [6.07, 6.45) is 0.430. The van der Waals surface area contributed by atoms with Crippen LogP contribution in [0, 0.1) is 12.3 Å². The van der Waals surface area contributed by atoms with E-state index in [4.69, 9.17) is 21.4 Å². The van der Waals surface area contributed by atoms with Gasteiger partial charge in [-0.3, -0.25) is 9.59 Å². The van der Waals surface area contributed by atoms with Crippen molar-refractivity contribution in [1.29, 1.82) is 0 Å². The molecule has 0 bridgehead atoms. The van der Waals surface area contributed by atoms with Gasteiger partial charge in [-0.15, -0.1) is 0 Å². The molecular formula is C15H20ClNO4. The molecule has 0 fully saturated rings. The number of nitrogens with one attached hydrogen (secondary N) is 1. The van der Waals surface area contributed by atoms with Gasteiger partial charge in [-0.1, -0.05) is 18.5 Å². The normalized spacial score (nSPS) is 13.3. The van der Waals surface area contributed by atoms with Crippen molar-refractivity contribution in [2.45, 2.75) is 27.2 Å². The predicted molar refractivity (Wildman–Crippen MR) is 80.7 cm³/mol. The first-order chi connectivity index (χ1) is 9.78. The SMILES string of the molecule is CCC(C)(CNC(=O)COc1ccc(Cl)c(C)c1)C(=O)O. The maximum atomic E-state index is 11.7. The zero-order chi connectivity index (χ0) is 16.0. The van der Waals surface area contributed by atoms with E-state index in [0.717, 1.165) is 5.56 Å². The first-order valence-corrected chi connectivity index (χ1v) is 7.05. The lowest BCUT2D eigenvalue weighted by molar-refractivity contribution is -0.148. The summed E-state index contributed by atoms with van der Waals surface area (Å²) in [5.41, 5.74) is -0.106. The number of carbonyl (C=O) groups excluding carboxylic acids is 1. The Balaban J connectivity index is 2.47. The van der Waals surface area contributed by atoms with Crippen LogP contribution in [0.1, 0.15) is 25.8 Å². The molecule has 2 N–H and O–H groups in total. The van der Waals surface area contributed by atoms with E-state index in [1.165, 1.54) is 0 Å². The Labute approximate surface area is 129 Å². The van der Waals surface area contributed by atoms with Gasteiger partial charge in [0.2, 0.25) is 0 Å². The molecule has 0 aliphatic rings. The van der Waals surface area contributed by atoms with Crippen molar-refractivity contribution >= 4 is 23.5 Å². The lowest BCUT2D eigenvalue weighted by Gasteiger charge is -2.23. The third-order valence-electron chi connectivity index (χ3n) is 3.47. The molecule has 21 heavy (non-hydrogen) atoms. The second kappa shape index (κ2) is 7.31. The van der Waals surface area contributed by atoms with Crippen molar-refractivity contribution < 1.29 is 19.4 Å². The molecule has 1 rings (SSSR count). The van der Waals surface area contributed by atoms with Crippen molar-refractivity contribution in [2.75, 3.05) is 13.2 Å². The van der Waals surface area contributed by atoms with Crippen LogP contribution in [0.5, 0.6) is 5.75 Å². The van der Waals surface area contributed by atoms with Crippen LogP contribution in [-0.4, -0.2) is 30.1 Å². The average molecular weight is 314 g/mol. The van der Waals surface area contributed by atoms with Gasteiger partial charge >= 0.3 is 5.97 Å². The van der Waals surface area contributed by atoms with Crippen molar-refractivity contribution in [2.24, 2.45) is 5.41 Å². The van der Waals surface area contributed by atoms with Gasteiger partial charge in [0, 0.05) is 11.6 Å². The van der Waals surface area contributed by atoms with Crippen LogP contribution in [0.3, 0.4) is 0 Å². The van der Waals surface area contributed by atoms with E-state index in [2.05, 4.69) is 5.32 Å². The minimum atomic E-state index is -0.966. The van der Waals surface area contributed by atoms with E-state index < -0.39 is 11.4 Å². The number of hydrogen-bond donors (Lipinski definition) is 2. The van der Waals surface area contributed by atoms with Crippen LogP contribution in [0.15, 0.2) is 18.2 Å². The lowest BCUT2D eigenvalue weighted by Crippen LogP contribution is -2.42. The van der Waals surface area contributed by atoms with Crippen molar-refractivity contribution in [3.8, 4) is 5.75 Å². The number of ether oxygens (including phenoxy) is 1. The average Bonchev–Trinajstić information content (AvgIpc) is 2.45. The second-order valence-corrected chi connectivity index (χ2v) is 5.60. The number of rotatable bonds is 7. The van der Waals surface area contributed by atoms with Crippen LogP contribution in [0.4, 0.5) is 0 Å². The summed E-state index contributed by atoms with van der Waals surface area (Å²) in [4.78, 5) is 22.8. The number of hydrogen-bond acceptors (Lipinski definition) is 3. The zero-order valence-corrected chi connectivity index (χ0v) is 13.2. The first kappa shape index (κ1) is 17.3. The predicted octanol–water partition coefficient (Wildman–Crippen LogP) is 2.64. The van der Waals surface area contributed by atoms with Gasteiger partial charge in [0.25, 0.3) is 5.91 Å². The highest BCUT2D eigenvalue weighted by atomic mass is 35.5. The molecule has 0 spiro atoms. The molecule has 1 aromatic rings. The minimum absolute atomic E-state index is 0.0701. The van der Waals surface area contributed by atoms with E-state index in [1.807, 2.05) is 6.92 Å². The third-order valence-corrected chi connectivity index (χ3v) is 3.90. The standard InChI is InChI=1S/C15H20ClNO4/c1-4-15(3,14(19)20)9-17-13(18)8-21-11-5-6-12(16)10(2)7-11/h5-7H,4,8-9H2,1-3H3,(H,17,18)(H,19,20). The Bertz CT molecular complexity index is 532. The van der Waals surface area contributed by atoms with E-state index in [1.54, 1.807) is 32.0 Å². The van der Waals surface area contributed by atoms with E-state index >= 15 is 0 Å². The maximum Gasteiger partial charge on any atom is 0.311 e. The minimum Gasteiger partial charge on any atom is -0.484 e. The number of carbonyl (C=O) groups is 2. The third kappa shape index (κ3) is 4.93. The molecule has 1 atom stereocenters. The Hall–Kier alpha value is -1.75. The lowest BCUT2D eigenvalue weighted by atomic mass is 9.88. The van der Waals surface area contributed by atoms with Gasteiger partial charge in [0.05, 0.1) is 5.41 Å². The van der Waals surface area contributed by atoms with Crippen LogP contribution < -0.4 is 10.1 Å². The van der Waals surface area contributed by atoms with Gasteiger partial charge in [0.1, 0.15) is 5.75 Å². The number of halogens is 1. The molecule has 0 aromatic heterocycles. The largest absolute Gasteiger partial charge is 0.484 e. The Morgan fingerprint density at radius 2 is 2.10 bits per heavy atom. The fraction of sp³-hybridized carbons (Fsp3) is 0.467. The topological polar surface area (TPSA) is 75.6 Å². The molecule has 1 amide bonds. The summed E-state index contributed by atoms with van der Waals surface area (Å²) in [5, 5.41) is 12.3. The van der Waals surface area contributed by atoms with Crippen LogP contribution in [0.2, 0.25) is 5.02 Å². The molecule has 1 aromatic carbocycles. The molecule has 0 saturated carbocycles. The summed E-state index contributed by atoms with van der Waals surface area (Å²) >= 11 is 5.90. The quantitative estimate of drug-likeness (QED) is 0.811. The van der Waals surface area contributed by atoms with Gasteiger partial charge < -0.3 is 15.2 Å². The number of carboxylic acids is 1. The molecule has 0 aliphatic carbocycles. The van der Waals surface area contributed by atoms with E-state index in [-0.39, 0.29) is 19.1 Å². The molecule has 5 nitrogen and oxygen atoms in total. The van der Waals surface area contributed by atoms with Crippen LogP contribution >= 0.6 is 11.6 Å². The van der Waals surface area contributed by atoms with Crippen molar-refractivity contribution in [1.82, 2.24) is 5.32 Å². The molecule has 0 heterocycles. The molecule has 0 saturated heterocycles. The highest BCUT2D eigenvalue weighted by molar-refractivity contribution is 6.31. The highest BCUT2D eigenvalue weighted by Crippen LogP contribution is 2.21. The maximum absolute atomic E-state index is 11.7. The van der Waals surface area contributed by atoms with Crippen molar-refractivity contribution in [3.63, 3.8) is 0 Å². The highest BCUT2D eigenvalue weighted by Gasteiger charge is 2.31. The number of benzene rings is 1. The molecule has 116 valence electrons. The summed E-state index contributed by atoms with van der Waals surface area (Å²) in [6.45, 7) is 5.11. The summed E-state index contributed by atoms with van der Waals surface area (Å²) < 4.78 is 5.34. The van der Waals surface area contributed by atoms with Crippen molar-refractivity contribution in [3.05, 3.63) is 28.8 Å². The Kier molecular flexibility index (Phi) is 6.03. The second-order valence-electron chi connectivity index (χ2n) is 5.20. The van der Waals surface area contributed by atoms with Crippen LogP contribution in [-0.2, 0) is 9.59 Å². The number of aryl methyl sites for hydroxylation is 1. The Morgan fingerprint density at radius 1 is 1.43 bits per heavy atom. The molecule has 1 unspecified atom stereocenters. The fourth-order valence-electron chi connectivity index (χ4n) is 1.55. The molecule has 0 aliphatic heterocycles. The van der Waals surface area contributed by atoms with E-state index in [9.17, 15) is 9.59 Å². The van der Waals surface area contributed by atoms with E-state index in [0.29, 0.717) is 17.2 Å². The molecule has 0 radical (unpaired) electrons. The monoisotopic (exact) mass is 313 g/mol. The van der Waals surface area contributed by atoms with Gasteiger partial charge in [-0.25, -0.2) is 0 Å². The van der Waals surface area contributed by atoms with Gasteiger partial charge in [0.15, 0.2) is 6.61 Å².